The first kappa shape index (κ1) is 12.7. The maximum Gasteiger partial charge on any atom is 0.153 e. The zero-order valence-electron chi connectivity index (χ0n) is 8.82. The number of hydrogen-bond acceptors (Lipinski definition) is 3. The molecular formula is C11H6Br3N3S. The summed E-state index contributed by atoms with van der Waals surface area (Å²) in [6.07, 6.45) is 1.91. The molecule has 0 spiro atoms. The van der Waals surface area contributed by atoms with Gasteiger partial charge >= 0.3 is 0 Å². The van der Waals surface area contributed by atoms with E-state index in [0.29, 0.717) is 5.82 Å². The molecule has 0 aromatic carbocycles. The van der Waals surface area contributed by atoms with Crippen LogP contribution in [0.15, 0.2) is 37.1 Å². The number of thiophene rings is 1. The number of nitrogen functional groups attached to an aromatic ring is 1. The van der Waals surface area contributed by atoms with Gasteiger partial charge in [-0.2, -0.15) is 0 Å². The first-order valence-corrected chi connectivity index (χ1v) is 8.14. The van der Waals surface area contributed by atoms with E-state index >= 15 is 0 Å². The molecule has 92 valence electrons. The molecule has 0 aliphatic rings. The number of anilines is 1. The van der Waals surface area contributed by atoms with E-state index in [4.69, 9.17) is 5.73 Å². The molecule has 0 saturated heterocycles. The molecule has 2 N–H and O–H groups in total. The molecule has 3 aromatic heterocycles. The van der Waals surface area contributed by atoms with E-state index in [9.17, 15) is 0 Å². The van der Waals surface area contributed by atoms with Crippen LogP contribution in [-0.2, 0) is 0 Å². The van der Waals surface area contributed by atoms with Crippen molar-refractivity contribution in [1.29, 1.82) is 0 Å². The number of halogens is 3. The van der Waals surface area contributed by atoms with Crippen LogP contribution in [0.2, 0.25) is 0 Å². The largest absolute Gasteiger partial charge is 0.383 e. The van der Waals surface area contributed by atoms with Crippen molar-refractivity contribution in [3.8, 4) is 10.6 Å². The van der Waals surface area contributed by atoms with Crippen molar-refractivity contribution in [2.45, 2.75) is 0 Å². The molecule has 0 amide bonds. The SMILES string of the molecule is Nc1c(-c2cc(Br)c(Br)s2)nc2c(Br)cccn12. The van der Waals surface area contributed by atoms with Crippen LogP contribution in [0.1, 0.15) is 0 Å². The molecule has 0 aliphatic carbocycles. The lowest BCUT2D eigenvalue weighted by molar-refractivity contribution is 1.19. The number of aromatic nitrogens is 2. The van der Waals surface area contributed by atoms with Crippen LogP contribution in [0.5, 0.6) is 0 Å². The van der Waals surface area contributed by atoms with Gasteiger partial charge in [0.05, 0.1) is 13.1 Å². The smallest absolute Gasteiger partial charge is 0.153 e. The fourth-order valence-corrected chi connectivity index (χ4v) is 4.16. The Bertz CT molecular complexity index is 728. The van der Waals surface area contributed by atoms with Gasteiger partial charge < -0.3 is 5.73 Å². The summed E-state index contributed by atoms with van der Waals surface area (Å²) in [6.45, 7) is 0. The molecule has 0 atom stereocenters. The number of nitrogens with zero attached hydrogens (tertiary/aromatic N) is 2. The Morgan fingerprint density at radius 2 is 2.00 bits per heavy atom. The average Bonchev–Trinajstić information content (AvgIpc) is 2.83. The van der Waals surface area contributed by atoms with Gasteiger partial charge in [-0.25, -0.2) is 4.98 Å². The number of hydrogen-bond donors (Lipinski definition) is 1. The highest BCUT2D eigenvalue weighted by Crippen LogP contribution is 2.40. The van der Waals surface area contributed by atoms with E-state index in [1.165, 1.54) is 0 Å². The number of fused-ring (bicyclic) bond motifs is 1. The monoisotopic (exact) mass is 449 g/mol. The van der Waals surface area contributed by atoms with E-state index in [-0.39, 0.29) is 0 Å². The Morgan fingerprint density at radius 1 is 1.22 bits per heavy atom. The standard InChI is InChI=1S/C11H6Br3N3S/c12-5-2-1-3-17-10(15)8(16-11(5)17)7-4-6(13)9(14)18-7/h1-4H,15H2. The Kier molecular flexibility index (Phi) is 3.25. The van der Waals surface area contributed by atoms with Crippen LogP contribution >= 0.6 is 59.1 Å². The van der Waals surface area contributed by atoms with Gasteiger partial charge in [-0.3, -0.25) is 4.40 Å². The first-order chi connectivity index (χ1) is 8.58. The third kappa shape index (κ3) is 1.93. The van der Waals surface area contributed by atoms with Gasteiger partial charge in [0.2, 0.25) is 0 Å². The number of rotatable bonds is 1. The van der Waals surface area contributed by atoms with E-state index < -0.39 is 0 Å². The molecule has 0 bridgehead atoms. The third-order valence-corrected chi connectivity index (χ3v) is 6.40. The molecule has 0 fully saturated rings. The summed E-state index contributed by atoms with van der Waals surface area (Å²) in [5.41, 5.74) is 7.78. The van der Waals surface area contributed by atoms with Crippen LogP contribution in [0.4, 0.5) is 5.82 Å². The topological polar surface area (TPSA) is 43.3 Å². The van der Waals surface area contributed by atoms with E-state index in [0.717, 1.165) is 29.0 Å². The molecule has 3 aromatic rings. The van der Waals surface area contributed by atoms with Crippen molar-refractivity contribution in [2.75, 3.05) is 5.73 Å². The summed E-state index contributed by atoms with van der Waals surface area (Å²) >= 11 is 12.0. The molecule has 7 heteroatoms. The Labute approximate surface area is 132 Å². The number of imidazole rings is 1. The van der Waals surface area contributed by atoms with Crippen molar-refractivity contribution in [3.05, 3.63) is 37.1 Å². The first-order valence-electron chi connectivity index (χ1n) is 4.95. The second-order valence-corrected chi connectivity index (χ2v) is 7.71. The lowest BCUT2D eigenvalue weighted by Gasteiger charge is -1.96. The second kappa shape index (κ2) is 4.63. The zero-order chi connectivity index (χ0) is 12.9. The van der Waals surface area contributed by atoms with Crippen molar-refractivity contribution in [2.24, 2.45) is 0 Å². The van der Waals surface area contributed by atoms with Gasteiger partial charge in [-0.1, -0.05) is 0 Å². The number of nitrogens with two attached hydrogens (primary N) is 1. The fraction of sp³-hybridized carbons (Fsp3) is 0. The Balaban J connectivity index is 2.30. The lowest BCUT2D eigenvalue weighted by Crippen LogP contribution is -1.93. The molecule has 3 heterocycles. The van der Waals surface area contributed by atoms with Crippen LogP contribution in [0.3, 0.4) is 0 Å². The summed E-state index contributed by atoms with van der Waals surface area (Å²) in [5, 5.41) is 0. The van der Waals surface area contributed by atoms with E-state index in [2.05, 4.69) is 52.8 Å². The predicted octanol–water partition coefficient (Wildman–Crippen LogP) is 4.93. The fourth-order valence-electron chi connectivity index (χ4n) is 1.70. The minimum atomic E-state index is 0.646. The summed E-state index contributed by atoms with van der Waals surface area (Å²) in [4.78, 5) is 5.63. The maximum atomic E-state index is 6.15. The Morgan fingerprint density at radius 3 is 2.61 bits per heavy atom. The third-order valence-electron chi connectivity index (χ3n) is 2.52. The minimum absolute atomic E-state index is 0.646. The van der Waals surface area contributed by atoms with Crippen molar-refractivity contribution < 1.29 is 0 Å². The lowest BCUT2D eigenvalue weighted by atomic mass is 10.3. The predicted molar refractivity (Wildman–Crippen MR) is 86.0 cm³/mol. The van der Waals surface area contributed by atoms with Crippen LogP contribution in [-0.4, -0.2) is 9.38 Å². The average molecular weight is 452 g/mol. The molecule has 0 aliphatic heterocycles. The summed E-state index contributed by atoms with van der Waals surface area (Å²) in [7, 11) is 0. The minimum Gasteiger partial charge on any atom is -0.383 e. The van der Waals surface area contributed by atoms with Crippen molar-refractivity contribution in [1.82, 2.24) is 9.38 Å². The van der Waals surface area contributed by atoms with Gasteiger partial charge in [-0.05, 0) is 66.0 Å². The highest BCUT2D eigenvalue weighted by atomic mass is 79.9. The molecule has 0 saturated carbocycles. The summed E-state index contributed by atoms with van der Waals surface area (Å²) in [5.74, 6) is 0.646. The maximum absolute atomic E-state index is 6.15. The van der Waals surface area contributed by atoms with Gasteiger partial charge in [0.15, 0.2) is 5.65 Å². The Hall–Kier alpha value is -0.370. The number of pyridine rings is 1. The quantitative estimate of drug-likeness (QED) is 0.570. The van der Waals surface area contributed by atoms with Gasteiger partial charge in [0.25, 0.3) is 0 Å². The molecule has 0 unspecified atom stereocenters. The summed E-state index contributed by atoms with van der Waals surface area (Å²) in [6, 6.07) is 5.89. The van der Waals surface area contributed by atoms with Gasteiger partial charge in [0, 0.05) is 10.7 Å². The molecular weight excluding hydrogens is 446 g/mol. The molecule has 3 rings (SSSR count). The van der Waals surface area contributed by atoms with Gasteiger partial charge in [-0.15, -0.1) is 11.3 Å². The van der Waals surface area contributed by atoms with Gasteiger partial charge in [0.1, 0.15) is 11.5 Å². The van der Waals surface area contributed by atoms with Crippen LogP contribution in [0.25, 0.3) is 16.2 Å². The molecule has 18 heavy (non-hydrogen) atoms. The highest BCUT2D eigenvalue weighted by molar-refractivity contribution is 9.13. The van der Waals surface area contributed by atoms with Crippen molar-refractivity contribution >= 4 is 70.6 Å². The molecule has 0 radical (unpaired) electrons. The van der Waals surface area contributed by atoms with Crippen molar-refractivity contribution in [3.63, 3.8) is 0 Å². The zero-order valence-corrected chi connectivity index (χ0v) is 14.4. The summed E-state index contributed by atoms with van der Waals surface area (Å²) < 4.78 is 4.85. The normalized spacial score (nSPS) is 11.3. The highest BCUT2D eigenvalue weighted by Gasteiger charge is 2.16. The molecule has 3 nitrogen and oxygen atoms in total. The second-order valence-electron chi connectivity index (χ2n) is 3.63. The van der Waals surface area contributed by atoms with E-state index in [1.807, 2.05) is 28.8 Å². The van der Waals surface area contributed by atoms with Crippen LogP contribution in [0, 0.1) is 0 Å². The van der Waals surface area contributed by atoms with Crippen LogP contribution < -0.4 is 5.73 Å². The van der Waals surface area contributed by atoms with E-state index in [1.54, 1.807) is 11.3 Å².